The first-order chi connectivity index (χ1) is 9.90. The number of nitrogens with zero attached hydrogens (tertiary/aromatic N) is 2. The highest BCUT2D eigenvalue weighted by atomic mass is 79.9. The van der Waals surface area contributed by atoms with Gasteiger partial charge in [0.05, 0.1) is 21.9 Å². The van der Waals surface area contributed by atoms with Crippen molar-refractivity contribution in [1.82, 2.24) is 0 Å². The average Bonchev–Trinajstić information content (AvgIpc) is 2.41. The van der Waals surface area contributed by atoms with Crippen molar-refractivity contribution in [2.75, 3.05) is 11.4 Å². The van der Waals surface area contributed by atoms with Crippen LogP contribution in [0.2, 0.25) is 0 Å². The number of hydrogen-bond acceptors (Lipinski definition) is 4. The van der Waals surface area contributed by atoms with Crippen molar-refractivity contribution in [1.29, 1.82) is 0 Å². The lowest BCUT2D eigenvalue weighted by atomic mass is 9.98. The van der Waals surface area contributed by atoms with E-state index in [9.17, 15) is 19.3 Å². The minimum Gasteiger partial charge on any atom is -0.481 e. The van der Waals surface area contributed by atoms with Gasteiger partial charge in [-0.1, -0.05) is 0 Å². The summed E-state index contributed by atoms with van der Waals surface area (Å²) in [5.41, 5.74) is -0.0767. The van der Waals surface area contributed by atoms with Crippen LogP contribution in [0, 0.1) is 15.9 Å². The van der Waals surface area contributed by atoms with Crippen LogP contribution in [0.1, 0.15) is 25.7 Å². The molecule has 0 radical (unpaired) electrons. The quantitative estimate of drug-likeness (QED) is 0.657. The van der Waals surface area contributed by atoms with Gasteiger partial charge in [-0.25, -0.2) is 4.39 Å². The first-order valence-corrected chi connectivity index (χ1v) is 7.31. The first kappa shape index (κ1) is 15.7. The molecule has 1 aliphatic rings. The van der Waals surface area contributed by atoms with E-state index in [0.29, 0.717) is 13.0 Å². The Bertz CT molecular complexity index is 582. The van der Waals surface area contributed by atoms with Crippen LogP contribution in [0.25, 0.3) is 0 Å². The number of carboxylic acids is 1. The molecule has 8 heteroatoms. The van der Waals surface area contributed by atoms with Crippen LogP contribution in [0.15, 0.2) is 16.6 Å². The lowest BCUT2D eigenvalue weighted by Crippen LogP contribution is -2.41. The Morgan fingerprint density at radius 1 is 1.52 bits per heavy atom. The zero-order valence-electron chi connectivity index (χ0n) is 11.1. The molecule has 1 saturated heterocycles. The van der Waals surface area contributed by atoms with Gasteiger partial charge >= 0.3 is 5.97 Å². The minimum atomic E-state index is -0.948. The van der Waals surface area contributed by atoms with E-state index < -0.39 is 16.7 Å². The highest BCUT2D eigenvalue weighted by Gasteiger charge is 2.30. The van der Waals surface area contributed by atoms with Crippen LogP contribution in [-0.2, 0) is 4.79 Å². The smallest absolute Gasteiger partial charge is 0.305 e. The summed E-state index contributed by atoms with van der Waals surface area (Å²) in [6.45, 7) is 0.525. The second-order valence-electron chi connectivity index (χ2n) is 4.95. The van der Waals surface area contributed by atoms with Gasteiger partial charge in [-0.05, 0) is 41.3 Å². The van der Waals surface area contributed by atoms with E-state index in [2.05, 4.69) is 15.9 Å². The Morgan fingerprint density at radius 2 is 2.24 bits per heavy atom. The van der Waals surface area contributed by atoms with Crippen molar-refractivity contribution >= 4 is 33.3 Å². The second-order valence-corrected chi connectivity index (χ2v) is 5.81. The van der Waals surface area contributed by atoms with E-state index in [1.54, 1.807) is 4.90 Å². The molecule has 114 valence electrons. The molecule has 0 amide bonds. The van der Waals surface area contributed by atoms with Crippen LogP contribution in [-0.4, -0.2) is 28.6 Å². The fraction of sp³-hybridized carbons (Fsp3) is 0.462. The monoisotopic (exact) mass is 360 g/mol. The van der Waals surface area contributed by atoms with Crippen LogP contribution in [0.4, 0.5) is 15.8 Å². The van der Waals surface area contributed by atoms with Gasteiger partial charge in [-0.15, -0.1) is 0 Å². The van der Waals surface area contributed by atoms with Gasteiger partial charge in [0.25, 0.3) is 5.69 Å². The highest BCUT2D eigenvalue weighted by Crippen LogP contribution is 2.37. The van der Waals surface area contributed by atoms with Gasteiger partial charge in [0.2, 0.25) is 0 Å². The predicted octanol–water partition coefficient (Wildman–Crippen LogP) is 3.33. The molecular formula is C13H14BrFN2O4. The third-order valence-electron chi connectivity index (χ3n) is 3.56. The fourth-order valence-electron chi connectivity index (χ4n) is 2.63. The van der Waals surface area contributed by atoms with Crippen LogP contribution < -0.4 is 4.90 Å². The molecule has 1 unspecified atom stereocenters. The maximum absolute atomic E-state index is 13.5. The fourth-order valence-corrected chi connectivity index (χ4v) is 2.96. The Morgan fingerprint density at radius 3 is 2.86 bits per heavy atom. The zero-order chi connectivity index (χ0) is 15.6. The molecule has 0 spiro atoms. The largest absolute Gasteiger partial charge is 0.481 e. The lowest BCUT2D eigenvalue weighted by molar-refractivity contribution is -0.384. The number of anilines is 1. The lowest BCUT2D eigenvalue weighted by Gasteiger charge is -2.36. The number of nitro benzene ring substituents is 1. The molecule has 1 fully saturated rings. The predicted molar refractivity (Wildman–Crippen MR) is 78.0 cm³/mol. The standard InChI is InChI=1S/C13H14BrFN2O4/c14-9-6-11(12(17(20)21)7-10(9)15)16-4-2-1-3-8(16)5-13(18)19/h6-8H,1-5H2,(H,18,19). The van der Waals surface area contributed by atoms with Gasteiger partial charge < -0.3 is 10.0 Å². The second kappa shape index (κ2) is 6.38. The van der Waals surface area contributed by atoms with E-state index in [4.69, 9.17) is 5.11 Å². The van der Waals surface area contributed by atoms with Crippen molar-refractivity contribution in [2.45, 2.75) is 31.7 Å². The van der Waals surface area contributed by atoms with Gasteiger partial charge in [0.1, 0.15) is 11.5 Å². The molecule has 0 aliphatic carbocycles. The van der Waals surface area contributed by atoms with Crippen molar-refractivity contribution in [2.24, 2.45) is 0 Å². The van der Waals surface area contributed by atoms with Crippen molar-refractivity contribution < 1.29 is 19.2 Å². The van der Waals surface area contributed by atoms with Crippen LogP contribution in [0.5, 0.6) is 0 Å². The molecule has 1 heterocycles. The summed E-state index contributed by atoms with van der Waals surface area (Å²) in [4.78, 5) is 23.2. The summed E-state index contributed by atoms with van der Waals surface area (Å²) < 4.78 is 13.7. The number of rotatable bonds is 4. The Kier molecular flexibility index (Phi) is 4.76. The molecule has 2 rings (SSSR count). The van der Waals surface area contributed by atoms with Crippen LogP contribution >= 0.6 is 15.9 Å². The molecule has 0 aromatic heterocycles. The minimum absolute atomic E-state index is 0.0911. The zero-order valence-corrected chi connectivity index (χ0v) is 12.7. The van der Waals surface area contributed by atoms with E-state index in [0.717, 1.165) is 18.9 Å². The molecule has 1 atom stereocenters. The molecule has 0 saturated carbocycles. The third-order valence-corrected chi connectivity index (χ3v) is 4.17. The van der Waals surface area contributed by atoms with E-state index in [1.165, 1.54) is 6.07 Å². The van der Waals surface area contributed by atoms with Gasteiger partial charge in [0, 0.05) is 12.6 Å². The molecule has 1 aliphatic heterocycles. The molecule has 1 aromatic rings. The van der Waals surface area contributed by atoms with Gasteiger partial charge in [0.15, 0.2) is 0 Å². The van der Waals surface area contributed by atoms with Gasteiger partial charge in [-0.2, -0.15) is 0 Å². The van der Waals surface area contributed by atoms with Crippen molar-refractivity contribution in [3.63, 3.8) is 0 Å². The number of benzene rings is 1. The summed E-state index contributed by atoms with van der Waals surface area (Å²) >= 11 is 3.03. The first-order valence-electron chi connectivity index (χ1n) is 6.52. The van der Waals surface area contributed by atoms with Gasteiger partial charge in [-0.3, -0.25) is 14.9 Å². The topological polar surface area (TPSA) is 83.7 Å². The number of carbonyl (C=O) groups is 1. The number of nitro groups is 1. The number of carboxylic acid groups (broad SMARTS) is 1. The number of aliphatic carboxylic acids is 1. The molecule has 21 heavy (non-hydrogen) atoms. The summed E-state index contributed by atoms with van der Waals surface area (Å²) in [7, 11) is 0. The summed E-state index contributed by atoms with van der Waals surface area (Å²) in [6, 6.07) is 1.91. The third kappa shape index (κ3) is 3.49. The Labute approximate surface area is 128 Å². The summed E-state index contributed by atoms with van der Waals surface area (Å²) in [5.74, 6) is -1.66. The SMILES string of the molecule is O=C(O)CC1CCCCN1c1cc(Br)c(F)cc1[N+](=O)[O-]. The van der Waals surface area contributed by atoms with E-state index >= 15 is 0 Å². The van der Waals surface area contributed by atoms with Crippen molar-refractivity contribution in [3.8, 4) is 0 Å². The number of halogens is 2. The summed E-state index contributed by atoms with van der Waals surface area (Å²) in [6.07, 6.45) is 2.26. The molecule has 6 nitrogen and oxygen atoms in total. The van der Waals surface area contributed by atoms with Crippen LogP contribution in [0.3, 0.4) is 0 Å². The average molecular weight is 361 g/mol. The highest BCUT2D eigenvalue weighted by molar-refractivity contribution is 9.10. The Hall–Kier alpha value is -1.70. The van der Waals surface area contributed by atoms with Crippen molar-refractivity contribution in [3.05, 3.63) is 32.5 Å². The summed E-state index contributed by atoms with van der Waals surface area (Å²) in [5, 5.41) is 20.1. The van der Waals surface area contributed by atoms with E-state index in [-0.39, 0.29) is 28.3 Å². The number of hydrogen-bond donors (Lipinski definition) is 1. The maximum Gasteiger partial charge on any atom is 0.305 e. The molecule has 1 N–H and O–H groups in total. The van der Waals surface area contributed by atoms with E-state index in [1.807, 2.05) is 0 Å². The molecular weight excluding hydrogens is 347 g/mol. The molecule has 0 bridgehead atoms. The normalized spacial score (nSPS) is 18.6. The maximum atomic E-state index is 13.5. The molecule has 1 aromatic carbocycles. The number of piperidine rings is 1. The Balaban J connectivity index is 2.44.